The maximum atomic E-state index is 13.1. The van der Waals surface area contributed by atoms with Gasteiger partial charge in [-0.2, -0.15) is 0 Å². The summed E-state index contributed by atoms with van der Waals surface area (Å²) in [5.41, 5.74) is 2.62. The van der Waals surface area contributed by atoms with Crippen LogP contribution in [0.25, 0.3) is 0 Å². The second kappa shape index (κ2) is 4.77. The van der Waals surface area contributed by atoms with Gasteiger partial charge in [0.25, 0.3) is 0 Å². The molecule has 2 unspecified atom stereocenters. The zero-order valence-corrected chi connectivity index (χ0v) is 11.0. The summed E-state index contributed by atoms with van der Waals surface area (Å²) < 4.78 is 13.1. The molecule has 1 fully saturated rings. The molecule has 0 aliphatic heterocycles. The van der Waals surface area contributed by atoms with E-state index in [9.17, 15) is 4.39 Å². The molecule has 0 spiro atoms. The largest absolute Gasteiger partial charge is 0.314 e. The third-order valence-electron chi connectivity index (χ3n) is 4.07. The van der Waals surface area contributed by atoms with Crippen molar-refractivity contribution >= 4 is 0 Å². The monoisotopic (exact) mass is 235 g/mol. The summed E-state index contributed by atoms with van der Waals surface area (Å²) in [7, 11) is 0. The summed E-state index contributed by atoms with van der Waals surface area (Å²) in [4.78, 5) is 0. The average Bonchev–Trinajstić information content (AvgIpc) is 2.61. The molecular formula is C15H22FN. The minimum absolute atomic E-state index is 0.129. The molecule has 1 nitrogen and oxygen atoms in total. The van der Waals surface area contributed by atoms with Crippen molar-refractivity contribution in [2.24, 2.45) is 0 Å². The van der Waals surface area contributed by atoms with E-state index in [0.717, 1.165) is 18.5 Å². The molecule has 1 saturated carbocycles. The van der Waals surface area contributed by atoms with Crippen molar-refractivity contribution in [3.8, 4) is 0 Å². The predicted molar refractivity (Wildman–Crippen MR) is 69.8 cm³/mol. The molecule has 0 saturated heterocycles. The van der Waals surface area contributed by atoms with Gasteiger partial charge in [0.1, 0.15) is 5.82 Å². The van der Waals surface area contributed by atoms with Crippen LogP contribution < -0.4 is 5.32 Å². The van der Waals surface area contributed by atoms with E-state index in [1.807, 2.05) is 13.0 Å². The van der Waals surface area contributed by atoms with Crippen LogP contribution in [0.5, 0.6) is 0 Å². The van der Waals surface area contributed by atoms with Gasteiger partial charge in [-0.1, -0.05) is 19.9 Å². The Labute approximate surface area is 103 Å². The third kappa shape index (κ3) is 2.52. The van der Waals surface area contributed by atoms with Gasteiger partial charge in [-0.25, -0.2) is 4.39 Å². The molecule has 17 heavy (non-hydrogen) atoms. The lowest BCUT2D eigenvalue weighted by Gasteiger charge is -2.27. The molecule has 2 heteroatoms. The van der Waals surface area contributed by atoms with Gasteiger partial charge in [-0.15, -0.1) is 0 Å². The standard InChI is InChI=1S/C15H22FN/c1-4-17-13-7-8-15(3,10-13)14-6-5-12(16)9-11(14)2/h5-6,9,13,17H,4,7-8,10H2,1-3H3. The summed E-state index contributed by atoms with van der Waals surface area (Å²) in [5, 5.41) is 3.53. The van der Waals surface area contributed by atoms with E-state index in [2.05, 4.69) is 19.2 Å². The van der Waals surface area contributed by atoms with E-state index in [1.54, 1.807) is 12.1 Å². The van der Waals surface area contributed by atoms with Crippen LogP contribution in [0.4, 0.5) is 4.39 Å². The molecule has 1 aliphatic carbocycles. The van der Waals surface area contributed by atoms with Gasteiger partial charge in [-0.05, 0) is 61.4 Å². The quantitative estimate of drug-likeness (QED) is 0.844. The van der Waals surface area contributed by atoms with Crippen molar-refractivity contribution in [3.05, 3.63) is 35.1 Å². The Hall–Kier alpha value is -0.890. The summed E-state index contributed by atoms with van der Waals surface area (Å²) in [6.45, 7) is 7.51. The molecule has 2 atom stereocenters. The summed E-state index contributed by atoms with van der Waals surface area (Å²) in [6.07, 6.45) is 3.58. The van der Waals surface area contributed by atoms with E-state index < -0.39 is 0 Å². The maximum absolute atomic E-state index is 13.1. The topological polar surface area (TPSA) is 12.0 Å². The molecule has 0 radical (unpaired) electrons. The van der Waals surface area contributed by atoms with Gasteiger partial charge in [-0.3, -0.25) is 0 Å². The van der Waals surface area contributed by atoms with Crippen LogP contribution >= 0.6 is 0 Å². The van der Waals surface area contributed by atoms with Crippen LogP contribution in [0.3, 0.4) is 0 Å². The summed E-state index contributed by atoms with van der Waals surface area (Å²) in [6, 6.07) is 5.84. The first kappa shape index (κ1) is 12.6. The van der Waals surface area contributed by atoms with Gasteiger partial charge in [0.2, 0.25) is 0 Å². The normalized spacial score (nSPS) is 28.6. The van der Waals surface area contributed by atoms with Crippen molar-refractivity contribution in [1.82, 2.24) is 5.32 Å². The van der Waals surface area contributed by atoms with Crippen LogP contribution in [0.15, 0.2) is 18.2 Å². The predicted octanol–water partition coefficient (Wildman–Crippen LogP) is 3.55. The summed E-state index contributed by atoms with van der Waals surface area (Å²) >= 11 is 0. The van der Waals surface area contributed by atoms with Crippen LogP contribution in [-0.2, 0) is 5.41 Å². The fourth-order valence-corrected chi connectivity index (χ4v) is 3.25. The minimum atomic E-state index is -0.129. The van der Waals surface area contributed by atoms with Gasteiger partial charge in [0.15, 0.2) is 0 Å². The average molecular weight is 235 g/mol. The fraction of sp³-hybridized carbons (Fsp3) is 0.600. The third-order valence-corrected chi connectivity index (χ3v) is 4.07. The smallest absolute Gasteiger partial charge is 0.123 e. The Bertz CT molecular complexity index is 402. The van der Waals surface area contributed by atoms with Crippen molar-refractivity contribution < 1.29 is 4.39 Å². The van der Waals surface area contributed by atoms with Gasteiger partial charge in [0.05, 0.1) is 0 Å². The van der Waals surface area contributed by atoms with Crippen molar-refractivity contribution in [3.63, 3.8) is 0 Å². The van der Waals surface area contributed by atoms with E-state index in [1.165, 1.54) is 18.4 Å². The molecule has 1 aliphatic rings. The molecule has 1 aromatic rings. The first-order valence-electron chi connectivity index (χ1n) is 6.55. The molecule has 1 N–H and O–H groups in total. The lowest BCUT2D eigenvalue weighted by atomic mass is 9.78. The number of aryl methyl sites for hydroxylation is 1. The van der Waals surface area contributed by atoms with E-state index in [4.69, 9.17) is 0 Å². The molecule has 0 amide bonds. The van der Waals surface area contributed by atoms with E-state index in [0.29, 0.717) is 6.04 Å². The molecular weight excluding hydrogens is 213 g/mol. The minimum Gasteiger partial charge on any atom is -0.314 e. The van der Waals surface area contributed by atoms with E-state index >= 15 is 0 Å². The Kier molecular flexibility index (Phi) is 3.53. The number of halogens is 1. The highest BCUT2D eigenvalue weighted by atomic mass is 19.1. The number of rotatable bonds is 3. The molecule has 0 heterocycles. The molecule has 94 valence electrons. The van der Waals surface area contributed by atoms with Crippen LogP contribution in [-0.4, -0.2) is 12.6 Å². The maximum Gasteiger partial charge on any atom is 0.123 e. The van der Waals surface area contributed by atoms with Crippen molar-refractivity contribution in [1.29, 1.82) is 0 Å². The highest BCUT2D eigenvalue weighted by molar-refractivity contribution is 5.34. The highest BCUT2D eigenvalue weighted by Crippen LogP contribution is 2.42. The number of hydrogen-bond acceptors (Lipinski definition) is 1. The first-order valence-corrected chi connectivity index (χ1v) is 6.55. The van der Waals surface area contributed by atoms with Crippen LogP contribution in [0.1, 0.15) is 44.2 Å². The van der Waals surface area contributed by atoms with Crippen molar-refractivity contribution in [2.75, 3.05) is 6.54 Å². The second-order valence-corrected chi connectivity index (χ2v) is 5.52. The van der Waals surface area contributed by atoms with Crippen molar-refractivity contribution in [2.45, 2.75) is 51.5 Å². The summed E-state index contributed by atoms with van der Waals surface area (Å²) in [5.74, 6) is -0.129. The number of benzene rings is 1. The second-order valence-electron chi connectivity index (χ2n) is 5.52. The van der Waals surface area contributed by atoms with Gasteiger partial charge in [0, 0.05) is 6.04 Å². The Morgan fingerprint density at radius 1 is 1.47 bits per heavy atom. The zero-order valence-electron chi connectivity index (χ0n) is 11.0. The van der Waals surface area contributed by atoms with Gasteiger partial charge < -0.3 is 5.32 Å². The Balaban J connectivity index is 2.21. The molecule has 2 rings (SSSR count). The zero-order chi connectivity index (χ0) is 12.5. The Morgan fingerprint density at radius 2 is 2.24 bits per heavy atom. The lowest BCUT2D eigenvalue weighted by molar-refractivity contribution is 0.455. The molecule has 1 aromatic carbocycles. The molecule has 0 aromatic heterocycles. The Morgan fingerprint density at radius 3 is 2.88 bits per heavy atom. The van der Waals surface area contributed by atoms with Crippen LogP contribution in [0.2, 0.25) is 0 Å². The van der Waals surface area contributed by atoms with E-state index in [-0.39, 0.29) is 11.2 Å². The SMILES string of the molecule is CCNC1CCC(C)(c2ccc(F)cc2C)C1. The fourth-order valence-electron chi connectivity index (χ4n) is 3.25. The number of hydrogen-bond donors (Lipinski definition) is 1. The lowest BCUT2D eigenvalue weighted by Crippen LogP contribution is -2.29. The highest BCUT2D eigenvalue weighted by Gasteiger charge is 2.36. The number of nitrogens with one attached hydrogen (secondary N) is 1. The van der Waals surface area contributed by atoms with Crippen LogP contribution in [0, 0.1) is 12.7 Å². The first-order chi connectivity index (χ1) is 8.05. The van der Waals surface area contributed by atoms with Gasteiger partial charge >= 0.3 is 0 Å². The molecule has 0 bridgehead atoms.